The van der Waals surface area contributed by atoms with Crippen molar-refractivity contribution in [3.63, 3.8) is 0 Å². The number of amides is 1. The van der Waals surface area contributed by atoms with E-state index in [9.17, 15) is 4.79 Å². The zero-order chi connectivity index (χ0) is 11.8. The third-order valence-corrected chi connectivity index (χ3v) is 2.93. The molecule has 3 N–H and O–H groups in total. The van der Waals surface area contributed by atoms with Gasteiger partial charge < -0.3 is 11.1 Å². The van der Waals surface area contributed by atoms with Crippen molar-refractivity contribution in [1.29, 1.82) is 0 Å². The number of carbonyl (C=O) groups excluding carboxylic acids is 1. The average molecular weight is 275 g/mol. The highest BCUT2D eigenvalue weighted by Crippen LogP contribution is 2.17. The molecule has 0 heterocycles. The summed E-state index contributed by atoms with van der Waals surface area (Å²) in [6.07, 6.45) is 4.65. The summed E-state index contributed by atoms with van der Waals surface area (Å²) in [6.45, 7) is 0. The summed E-state index contributed by atoms with van der Waals surface area (Å²) in [5.74, 6) is 1.15. The van der Waals surface area contributed by atoms with E-state index in [2.05, 4.69) is 11.6 Å². The molecule has 5 heteroatoms. The smallest absolute Gasteiger partial charge is 0.224 e. The normalized spacial score (nSPS) is 9.47. The number of unbranched alkanes of at least 4 members (excludes halogenated alkanes) is 1. The number of thioether (sulfide) groups is 1. The summed E-state index contributed by atoms with van der Waals surface area (Å²) >= 11 is 1.81. The summed E-state index contributed by atoms with van der Waals surface area (Å²) in [7, 11) is 0. The Hall–Kier alpha value is -0.870. The lowest BCUT2D eigenvalue weighted by Crippen LogP contribution is -2.12. The molecular weight excluding hydrogens is 256 g/mol. The van der Waals surface area contributed by atoms with E-state index in [0.717, 1.165) is 18.6 Å². The molecule has 17 heavy (non-hydrogen) atoms. The fourth-order valence-corrected chi connectivity index (χ4v) is 1.85. The summed E-state index contributed by atoms with van der Waals surface area (Å²) in [5, 5.41) is 2.82. The van der Waals surface area contributed by atoms with Crippen LogP contribution in [0.15, 0.2) is 24.3 Å². The fourth-order valence-electron chi connectivity index (χ4n) is 1.36. The van der Waals surface area contributed by atoms with E-state index in [1.807, 2.05) is 30.0 Å². The number of nitrogens with one attached hydrogen (secondary N) is 1. The maximum Gasteiger partial charge on any atom is 0.224 e. The molecule has 96 valence electrons. The van der Waals surface area contributed by atoms with Gasteiger partial charge in [0.1, 0.15) is 0 Å². The van der Waals surface area contributed by atoms with Crippen molar-refractivity contribution in [3.8, 4) is 0 Å². The molecule has 0 saturated heterocycles. The molecule has 0 aliphatic carbocycles. The lowest BCUT2D eigenvalue weighted by molar-refractivity contribution is -0.116. The van der Waals surface area contributed by atoms with Crippen LogP contribution in [-0.2, 0) is 4.79 Å². The Morgan fingerprint density at radius 3 is 2.71 bits per heavy atom. The average Bonchev–Trinajstić information content (AvgIpc) is 2.28. The van der Waals surface area contributed by atoms with Crippen molar-refractivity contribution in [1.82, 2.24) is 0 Å². The van der Waals surface area contributed by atoms with Crippen molar-refractivity contribution in [2.45, 2.75) is 19.3 Å². The first-order valence-corrected chi connectivity index (χ1v) is 6.76. The second-order valence-corrected chi connectivity index (χ2v) is 4.57. The molecule has 0 spiro atoms. The van der Waals surface area contributed by atoms with Gasteiger partial charge in [0, 0.05) is 6.42 Å². The Kier molecular flexibility index (Phi) is 8.72. The quantitative estimate of drug-likeness (QED) is 0.619. The van der Waals surface area contributed by atoms with Gasteiger partial charge >= 0.3 is 0 Å². The Labute approximate surface area is 113 Å². The van der Waals surface area contributed by atoms with Crippen molar-refractivity contribution in [2.75, 3.05) is 23.1 Å². The minimum Gasteiger partial charge on any atom is -0.397 e. The summed E-state index contributed by atoms with van der Waals surface area (Å²) in [6, 6.07) is 7.31. The fraction of sp³-hybridized carbons (Fsp3) is 0.417. The van der Waals surface area contributed by atoms with Gasteiger partial charge in [0.05, 0.1) is 11.4 Å². The number of hydrogen-bond donors (Lipinski definition) is 2. The number of nitrogens with two attached hydrogens (primary N) is 1. The zero-order valence-electron chi connectivity index (χ0n) is 9.94. The first-order valence-electron chi connectivity index (χ1n) is 5.37. The highest BCUT2D eigenvalue weighted by molar-refractivity contribution is 7.98. The summed E-state index contributed by atoms with van der Waals surface area (Å²) < 4.78 is 0. The van der Waals surface area contributed by atoms with E-state index in [-0.39, 0.29) is 18.3 Å². The SMILES string of the molecule is CSCCCCC(=O)Nc1ccccc1N.Cl. The molecule has 0 unspecified atom stereocenters. The molecule has 0 aromatic heterocycles. The first kappa shape index (κ1) is 16.1. The van der Waals surface area contributed by atoms with E-state index in [1.54, 1.807) is 6.07 Å². The van der Waals surface area contributed by atoms with Crippen LogP contribution in [0.3, 0.4) is 0 Å². The summed E-state index contributed by atoms with van der Waals surface area (Å²) in [5.41, 5.74) is 7.04. The van der Waals surface area contributed by atoms with Gasteiger partial charge in [0.2, 0.25) is 5.91 Å². The lowest BCUT2D eigenvalue weighted by Gasteiger charge is -2.07. The molecule has 0 aliphatic heterocycles. The number of nitrogen functional groups attached to an aromatic ring is 1. The molecule has 1 aromatic carbocycles. The van der Waals surface area contributed by atoms with Crippen LogP contribution in [0.1, 0.15) is 19.3 Å². The maximum absolute atomic E-state index is 11.6. The van der Waals surface area contributed by atoms with Crippen LogP contribution in [0.2, 0.25) is 0 Å². The van der Waals surface area contributed by atoms with Gasteiger partial charge in [-0.1, -0.05) is 12.1 Å². The van der Waals surface area contributed by atoms with Gasteiger partial charge in [0.15, 0.2) is 0 Å². The lowest BCUT2D eigenvalue weighted by atomic mass is 10.2. The van der Waals surface area contributed by atoms with E-state index in [1.165, 1.54) is 0 Å². The van der Waals surface area contributed by atoms with Gasteiger partial charge in [-0.25, -0.2) is 0 Å². The predicted molar refractivity (Wildman–Crippen MR) is 79.0 cm³/mol. The van der Waals surface area contributed by atoms with Gasteiger partial charge in [-0.15, -0.1) is 12.4 Å². The standard InChI is InChI=1S/C12H18N2OS.ClH/c1-16-9-5-4-8-12(15)14-11-7-3-2-6-10(11)13;/h2-3,6-7H,4-5,8-9,13H2,1H3,(H,14,15);1H. The van der Waals surface area contributed by atoms with Gasteiger partial charge in [0.25, 0.3) is 0 Å². The molecule has 1 aromatic rings. The number of rotatable bonds is 6. The number of para-hydroxylation sites is 2. The third kappa shape index (κ3) is 6.44. The van der Waals surface area contributed by atoms with Crippen LogP contribution < -0.4 is 11.1 Å². The highest BCUT2D eigenvalue weighted by atomic mass is 35.5. The number of benzene rings is 1. The molecule has 0 radical (unpaired) electrons. The molecular formula is C12H19ClN2OS. The number of anilines is 2. The Morgan fingerprint density at radius 1 is 1.35 bits per heavy atom. The van der Waals surface area contributed by atoms with Crippen molar-refractivity contribution in [2.24, 2.45) is 0 Å². The second kappa shape index (κ2) is 9.19. The Bertz CT molecular complexity index is 347. The molecule has 1 amide bonds. The number of hydrogen-bond acceptors (Lipinski definition) is 3. The molecule has 0 saturated carbocycles. The molecule has 0 aliphatic rings. The summed E-state index contributed by atoms with van der Waals surface area (Å²) in [4.78, 5) is 11.6. The minimum atomic E-state index is 0. The minimum absolute atomic E-state index is 0. The van der Waals surface area contributed by atoms with E-state index < -0.39 is 0 Å². The maximum atomic E-state index is 11.6. The topological polar surface area (TPSA) is 55.1 Å². The molecule has 0 fully saturated rings. The Morgan fingerprint density at radius 2 is 2.06 bits per heavy atom. The largest absolute Gasteiger partial charge is 0.397 e. The monoisotopic (exact) mass is 274 g/mol. The molecule has 0 atom stereocenters. The Balaban J connectivity index is 0.00000256. The van der Waals surface area contributed by atoms with Gasteiger partial charge in [-0.3, -0.25) is 4.79 Å². The van der Waals surface area contributed by atoms with E-state index >= 15 is 0 Å². The number of halogens is 1. The van der Waals surface area contributed by atoms with Crippen LogP contribution >= 0.6 is 24.2 Å². The zero-order valence-corrected chi connectivity index (χ0v) is 11.6. The first-order chi connectivity index (χ1) is 7.74. The van der Waals surface area contributed by atoms with Crippen LogP contribution in [-0.4, -0.2) is 17.9 Å². The van der Waals surface area contributed by atoms with Crippen molar-refractivity contribution >= 4 is 41.5 Å². The van der Waals surface area contributed by atoms with Crippen LogP contribution in [0.25, 0.3) is 0 Å². The second-order valence-electron chi connectivity index (χ2n) is 3.59. The van der Waals surface area contributed by atoms with Crippen LogP contribution in [0, 0.1) is 0 Å². The van der Waals surface area contributed by atoms with E-state index in [0.29, 0.717) is 17.8 Å². The van der Waals surface area contributed by atoms with Crippen LogP contribution in [0.5, 0.6) is 0 Å². The highest BCUT2D eigenvalue weighted by Gasteiger charge is 2.03. The van der Waals surface area contributed by atoms with Gasteiger partial charge in [-0.05, 0) is 37.0 Å². The molecule has 0 bridgehead atoms. The third-order valence-electron chi connectivity index (χ3n) is 2.24. The van der Waals surface area contributed by atoms with Gasteiger partial charge in [-0.2, -0.15) is 11.8 Å². The predicted octanol–water partition coefficient (Wildman–Crippen LogP) is 3.16. The number of carbonyl (C=O) groups is 1. The molecule has 1 rings (SSSR count). The van der Waals surface area contributed by atoms with Crippen LogP contribution in [0.4, 0.5) is 11.4 Å². The van der Waals surface area contributed by atoms with Crippen molar-refractivity contribution in [3.05, 3.63) is 24.3 Å². The van der Waals surface area contributed by atoms with Crippen molar-refractivity contribution < 1.29 is 4.79 Å². The van der Waals surface area contributed by atoms with E-state index in [4.69, 9.17) is 5.73 Å². The molecule has 3 nitrogen and oxygen atoms in total.